The zero-order valence-corrected chi connectivity index (χ0v) is 19.4. The summed E-state index contributed by atoms with van der Waals surface area (Å²) < 4.78 is 17.0. The zero-order valence-electron chi connectivity index (χ0n) is 19.4. The normalized spacial score (nSPS) is 19.7. The Hall–Kier alpha value is -1.96. The second-order valence-electron chi connectivity index (χ2n) is 9.05. The molecule has 0 spiro atoms. The quantitative estimate of drug-likeness (QED) is 0.582. The maximum Gasteiger partial charge on any atom is 0.219 e. The van der Waals surface area contributed by atoms with Gasteiger partial charge in [-0.3, -0.25) is 4.98 Å². The fraction of sp³-hybridized carbons (Fsp3) is 0.667. The number of anilines is 1. The average molecular weight is 429 g/mol. The van der Waals surface area contributed by atoms with E-state index in [1.54, 1.807) is 14.2 Å². The number of hydrogen-bond donors (Lipinski definition) is 1. The van der Waals surface area contributed by atoms with Crippen LogP contribution in [-0.2, 0) is 28.9 Å². The highest BCUT2D eigenvalue weighted by Gasteiger charge is 2.26. The molecule has 3 heterocycles. The van der Waals surface area contributed by atoms with Crippen molar-refractivity contribution in [1.29, 1.82) is 0 Å². The minimum Gasteiger partial charge on any atom is -0.481 e. The van der Waals surface area contributed by atoms with Crippen LogP contribution < -0.4 is 10.1 Å². The molecule has 1 aliphatic heterocycles. The molecule has 0 amide bonds. The smallest absolute Gasteiger partial charge is 0.219 e. The number of pyridine rings is 2. The summed E-state index contributed by atoms with van der Waals surface area (Å²) in [5, 5.41) is 3.64. The van der Waals surface area contributed by atoms with Gasteiger partial charge in [0.1, 0.15) is 5.52 Å². The Morgan fingerprint density at radius 1 is 1.19 bits per heavy atom. The summed E-state index contributed by atoms with van der Waals surface area (Å²) in [6.07, 6.45) is 4.63. The first-order chi connectivity index (χ1) is 15.1. The monoisotopic (exact) mass is 428 g/mol. The fourth-order valence-electron chi connectivity index (χ4n) is 4.79. The van der Waals surface area contributed by atoms with E-state index in [9.17, 15) is 0 Å². The van der Waals surface area contributed by atoms with Crippen LogP contribution in [0.3, 0.4) is 0 Å². The second kappa shape index (κ2) is 10.1. The van der Waals surface area contributed by atoms with Gasteiger partial charge in [0, 0.05) is 31.0 Å². The third-order valence-corrected chi connectivity index (χ3v) is 6.29. The molecule has 1 N–H and O–H groups in total. The standard InChI is InChI=1S/C24H36N4O3/c1-16-11-19-20(12-16)26-21-13-18(15-31-10-9-28-7-5-6-8-28)24(30-4)27-23(21)22(19)25-17(2)14-29-3/h13,16-17H,5-12,14-15H2,1-4H3,(H,25,26)/t16?,17-/m1/s1. The maximum atomic E-state index is 5.99. The van der Waals surface area contributed by atoms with Crippen molar-refractivity contribution < 1.29 is 14.2 Å². The number of rotatable bonds is 10. The highest BCUT2D eigenvalue weighted by molar-refractivity contribution is 5.91. The van der Waals surface area contributed by atoms with Gasteiger partial charge in [0.2, 0.25) is 5.88 Å². The van der Waals surface area contributed by atoms with E-state index < -0.39 is 0 Å². The topological polar surface area (TPSA) is 68.7 Å². The lowest BCUT2D eigenvalue weighted by Crippen LogP contribution is -2.24. The molecule has 0 saturated carbocycles. The second-order valence-corrected chi connectivity index (χ2v) is 9.05. The SMILES string of the molecule is COC[C@@H](C)Nc1c2c(nc3cc(COCCN4CCCC4)c(OC)nc13)CC(C)C2. The summed E-state index contributed by atoms with van der Waals surface area (Å²) in [7, 11) is 3.40. The zero-order chi connectivity index (χ0) is 21.8. The molecule has 7 nitrogen and oxygen atoms in total. The number of methoxy groups -OCH3 is 2. The van der Waals surface area contributed by atoms with Gasteiger partial charge in [0.05, 0.1) is 38.1 Å². The molecule has 31 heavy (non-hydrogen) atoms. The molecule has 1 aliphatic carbocycles. The number of hydrogen-bond acceptors (Lipinski definition) is 7. The summed E-state index contributed by atoms with van der Waals surface area (Å²) in [5.41, 5.74) is 6.26. The third-order valence-electron chi connectivity index (χ3n) is 6.29. The van der Waals surface area contributed by atoms with Crippen LogP contribution in [0.1, 0.15) is 43.5 Å². The van der Waals surface area contributed by atoms with Crippen molar-refractivity contribution in [1.82, 2.24) is 14.9 Å². The molecule has 4 rings (SSSR count). The van der Waals surface area contributed by atoms with Gasteiger partial charge in [-0.15, -0.1) is 0 Å². The van der Waals surface area contributed by atoms with E-state index in [0.717, 1.165) is 48.3 Å². The van der Waals surface area contributed by atoms with E-state index >= 15 is 0 Å². The van der Waals surface area contributed by atoms with Crippen molar-refractivity contribution in [3.8, 4) is 5.88 Å². The Kier molecular flexibility index (Phi) is 7.25. The molecule has 0 bridgehead atoms. The van der Waals surface area contributed by atoms with E-state index in [4.69, 9.17) is 24.2 Å². The number of nitrogens with one attached hydrogen (secondary N) is 1. The van der Waals surface area contributed by atoms with Crippen molar-refractivity contribution in [2.24, 2.45) is 5.92 Å². The average Bonchev–Trinajstić information content (AvgIpc) is 3.39. The Labute approximate surface area is 185 Å². The van der Waals surface area contributed by atoms with Crippen LogP contribution in [0.25, 0.3) is 11.0 Å². The molecule has 0 radical (unpaired) electrons. The highest BCUT2D eigenvalue weighted by Crippen LogP contribution is 2.37. The highest BCUT2D eigenvalue weighted by atomic mass is 16.5. The Morgan fingerprint density at radius 2 is 2.00 bits per heavy atom. The Morgan fingerprint density at radius 3 is 2.74 bits per heavy atom. The van der Waals surface area contributed by atoms with Gasteiger partial charge in [-0.25, -0.2) is 4.98 Å². The molecule has 7 heteroatoms. The fourth-order valence-corrected chi connectivity index (χ4v) is 4.79. The molecule has 1 unspecified atom stereocenters. The maximum absolute atomic E-state index is 5.99. The van der Waals surface area contributed by atoms with Gasteiger partial charge in [0.15, 0.2) is 0 Å². The lowest BCUT2D eigenvalue weighted by atomic mass is 10.1. The van der Waals surface area contributed by atoms with Crippen LogP contribution in [0, 0.1) is 5.92 Å². The molecule has 2 aromatic heterocycles. The third kappa shape index (κ3) is 5.10. The van der Waals surface area contributed by atoms with Crippen molar-refractivity contribution in [3.05, 3.63) is 22.9 Å². The van der Waals surface area contributed by atoms with E-state index in [1.165, 1.54) is 37.2 Å². The molecule has 1 saturated heterocycles. The largest absolute Gasteiger partial charge is 0.481 e. The number of aromatic nitrogens is 2. The molecule has 0 aromatic carbocycles. The van der Waals surface area contributed by atoms with Crippen LogP contribution in [0.2, 0.25) is 0 Å². The Balaban J connectivity index is 1.59. The van der Waals surface area contributed by atoms with Crippen LogP contribution in [-0.4, -0.2) is 68.0 Å². The predicted octanol–water partition coefficient (Wildman–Crippen LogP) is 3.43. The summed E-state index contributed by atoms with van der Waals surface area (Å²) >= 11 is 0. The first kappa shape index (κ1) is 22.2. The van der Waals surface area contributed by atoms with Gasteiger partial charge in [-0.1, -0.05) is 6.92 Å². The number of nitrogens with zero attached hydrogens (tertiary/aromatic N) is 3. The van der Waals surface area contributed by atoms with Crippen molar-refractivity contribution in [3.63, 3.8) is 0 Å². The number of ether oxygens (including phenoxy) is 3. The number of likely N-dealkylation sites (tertiary alicyclic amines) is 1. The molecule has 2 aliphatic rings. The van der Waals surface area contributed by atoms with Gasteiger partial charge in [-0.05, 0) is 63.2 Å². The minimum absolute atomic E-state index is 0.178. The summed E-state index contributed by atoms with van der Waals surface area (Å²) in [6, 6.07) is 2.27. The van der Waals surface area contributed by atoms with E-state index in [-0.39, 0.29) is 6.04 Å². The molecule has 2 atom stereocenters. The molecule has 170 valence electrons. The first-order valence-corrected chi connectivity index (χ1v) is 11.5. The Bertz CT molecular complexity index is 898. The minimum atomic E-state index is 0.178. The lowest BCUT2D eigenvalue weighted by Gasteiger charge is -2.20. The van der Waals surface area contributed by atoms with E-state index in [0.29, 0.717) is 25.0 Å². The lowest BCUT2D eigenvalue weighted by molar-refractivity contribution is 0.0975. The summed E-state index contributed by atoms with van der Waals surface area (Å²) in [5.74, 6) is 1.21. The molecular formula is C24H36N4O3. The van der Waals surface area contributed by atoms with Gasteiger partial charge in [0.25, 0.3) is 0 Å². The molecular weight excluding hydrogens is 392 g/mol. The van der Waals surface area contributed by atoms with Gasteiger partial charge < -0.3 is 24.4 Å². The van der Waals surface area contributed by atoms with Gasteiger partial charge >= 0.3 is 0 Å². The van der Waals surface area contributed by atoms with Crippen LogP contribution in [0.4, 0.5) is 5.69 Å². The molecule has 2 aromatic rings. The number of fused-ring (bicyclic) bond motifs is 2. The molecule has 1 fully saturated rings. The van der Waals surface area contributed by atoms with Crippen LogP contribution in [0.5, 0.6) is 5.88 Å². The van der Waals surface area contributed by atoms with E-state index in [2.05, 4.69) is 30.1 Å². The van der Waals surface area contributed by atoms with Crippen LogP contribution in [0.15, 0.2) is 6.07 Å². The van der Waals surface area contributed by atoms with Crippen LogP contribution >= 0.6 is 0 Å². The summed E-state index contributed by atoms with van der Waals surface area (Å²) in [6.45, 7) is 9.61. The van der Waals surface area contributed by atoms with Gasteiger partial charge in [-0.2, -0.15) is 0 Å². The van der Waals surface area contributed by atoms with E-state index in [1.807, 2.05) is 0 Å². The van der Waals surface area contributed by atoms with Crippen molar-refractivity contribution >= 4 is 16.7 Å². The predicted molar refractivity (Wildman–Crippen MR) is 123 cm³/mol. The summed E-state index contributed by atoms with van der Waals surface area (Å²) in [4.78, 5) is 12.3. The van der Waals surface area contributed by atoms with Crippen molar-refractivity contribution in [2.75, 3.05) is 52.4 Å². The first-order valence-electron chi connectivity index (χ1n) is 11.5. The van der Waals surface area contributed by atoms with Crippen molar-refractivity contribution in [2.45, 2.75) is 52.2 Å².